The molecular formula is C13H12ClOPS2. The lowest BCUT2D eigenvalue weighted by Gasteiger charge is -2.16. The van der Waals surface area contributed by atoms with Gasteiger partial charge < -0.3 is 4.89 Å². The third kappa shape index (κ3) is 3.37. The van der Waals surface area contributed by atoms with E-state index < -0.39 is 5.47 Å². The van der Waals surface area contributed by atoms with Crippen molar-refractivity contribution in [2.75, 3.05) is 0 Å². The van der Waals surface area contributed by atoms with Gasteiger partial charge in [0.15, 0.2) is 5.47 Å². The van der Waals surface area contributed by atoms with Crippen molar-refractivity contribution in [3.05, 3.63) is 59.1 Å². The van der Waals surface area contributed by atoms with Crippen molar-refractivity contribution in [3.63, 3.8) is 0 Å². The highest BCUT2D eigenvalue weighted by atomic mass is 35.5. The number of rotatable bonds is 3. The fourth-order valence-electron chi connectivity index (χ4n) is 1.47. The quantitative estimate of drug-likeness (QED) is 0.850. The topological polar surface area (TPSA) is 20.2 Å². The van der Waals surface area contributed by atoms with Gasteiger partial charge >= 0.3 is 0 Å². The minimum atomic E-state index is -2.62. The summed E-state index contributed by atoms with van der Waals surface area (Å²) in [6, 6.07) is 15.0. The molecule has 1 nitrogen and oxygen atoms in total. The molecule has 1 unspecified atom stereocenters. The molecule has 0 aromatic heterocycles. The average Bonchev–Trinajstić information content (AvgIpc) is 2.32. The molecule has 0 saturated carbocycles. The third-order valence-corrected chi connectivity index (χ3v) is 7.84. The zero-order valence-corrected chi connectivity index (χ0v) is 13.0. The Morgan fingerprint density at radius 3 is 2.33 bits per heavy atom. The first kappa shape index (κ1) is 14.1. The molecule has 0 aliphatic carbocycles. The fraction of sp³-hybridized carbons (Fsp3) is 0.0769. The molecule has 0 spiro atoms. The fourth-order valence-corrected chi connectivity index (χ4v) is 6.03. The van der Waals surface area contributed by atoms with Crippen molar-refractivity contribution < 1.29 is 4.89 Å². The smallest absolute Gasteiger partial charge is 0.150 e. The van der Waals surface area contributed by atoms with Crippen LogP contribution in [0, 0.1) is 6.92 Å². The molecule has 0 bridgehead atoms. The van der Waals surface area contributed by atoms with Crippen LogP contribution < -0.4 is 5.30 Å². The minimum absolute atomic E-state index is 0.648. The van der Waals surface area contributed by atoms with Crippen LogP contribution in [0.1, 0.15) is 5.56 Å². The van der Waals surface area contributed by atoms with Crippen LogP contribution in [0.3, 0.4) is 0 Å². The molecule has 1 atom stereocenters. The second-order valence-corrected chi connectivity index (χ2v) is 10.9. The molecule has 94 valence electrons. The highest BCUT2D eigenvalue weighted by Gasteiger charge is 2.18. The Morgan fingerprint density at radius 1 is 1.11 bits per heavy atom. The molecule has 2 aromatic rings. The molecule has 2 rings (SSSR count). The zero-order chi connectivity index (χ0) is 13.2. The van der Waals surface area contributed by atoms with Gasteiger partial charge in [-0.25, -0.2) is 0 Å². The Balaban J connectivity index is 2.30. The predicted octanol–water partition coefficient (Wildman–Crippen LogP) is 4.37. The molecular weight excluding hydrogens is 303 g/mol. The van der Waals surface area contributed by atoms with Crippen LogP contribution in [-0.4, -0.2) is 4.89 Å². The highest BCUT2D eigenvalue weighted by Crippen LogP contribution is 2.58. The highest BCUT2D eigenvalue weighted by molar-refractivity contribution is 8.71. The molecule has 0 heterocycles. The van der Waals surface area contributed by atoms with Gasteiger partial charge in [0.05, 0.1) is 0 Å². The van der Waals surface area contributed by atoms with E-state index in [0.717, 1.165) is 15.8 Å². The van der Waals surface area contributed by atoms with Gasteiger partial charge in [-0.2, -0.15) is 0 Å². The normalized spacial score (nSPS) is 14.2. The maximum absolute atomic E-state index is 10.5. The molecule has 0 aliphatic rings. The van der Waals surface area contributed by atoms with E-state index in [1.807, 2.05) is 31.2 Å². The standard InChI is InChI=1S/C13H12ClOPS2/c1-10-4-2-3-5-13(10)18-16(15,17)12-8-6-11(14)7-9-12/h2-9H,1H3,(H,15,17). The molecule has 1 N–H and O–H groups in total. The largest absolute Gasteiger partial charge is 0.354 e. The Hall–Kier alpha value is -0.310. The summed E-state index contributed by atoms with van der Waals surface area (Å²) in [5.41, 5.74) is -1.50. The van der Waals surface area contributed by atoms with Gasteiger partial charge in [-0.3, -0.25) is 0 Å². The summed E-state index contributed by atoms with van der Waals surface area (Å²) < 4.78 is 0. The van der Waals surface area contributed by atoms with Crippen molar-refractivity contribution in [3.8, 4) is 0 Å². The van der Waals surface area contributed by atoms with Crippen molar-refractivity contribution in [2.24, 2.45) is 0 Å². The van der Waals surface area contributed by atoms with E-state index in [9.17, 15) is 4.89 Å². The number of hydrogen-bond donors (Lipinski definition) is 1. The van der Waals surface area contributed by atoms with Gasteiger partial charge in [-0.1, -0.05) is 53.0 Å². The summed E-state index contributed by atoms with van der Waals surface area (Å²) in [6.45, 7) is 2.01. The van der Waals surface area contributed by atoms with Crippen LogP contribution in [0.25, 0.3) is 0 Å². The molecule has 0 aliphatic heterocycles. The summed E-state index contributed by atoms with van der Waals surface area (Å²) in [5.74, 6) is 0. The molecule has 0 amide bonds. The number of hydrogen-bond acceptors (Lipinski definition) is 2. The summed E-state index contributed by atoms with van der Waals surface area (Å²) in [4.78, 5) is 11.5. The van der Waals surface area contributed by atoms with Crippen molar-refractivity contribution >= 4 is 45.6 Å². The summed E-state index contributed by atoms with van der Waals surface area (Å²) in [6.07, 6.45) is 0. The average molecular weight is 315 g/mol. The summed E-state index contributed by atoms with van der Waals surface area (Å²) in [7, 11) is 0. The van der Waals surface area contributed by atoms with Crippen LogP contribution in [0.4, 0.5) is 0 Å². The van der Waals surface area contributed by atoms with Crippen molar-refractivity contribution in [1.82, 2.24) is 0 Å². The van der Waals surface area contributed by atoms with Crippen LogP contribution in [0.15, 0.2) is 53.4 Å². The Kier molecular flexibility index (Phi) is 4.52. The molecule has 5 heteroatoms. The Bertz CT molecular complexity index is 598. The molecule has 18 heavy (non-hydrogen) atoms. The van der Waals surface area contributed by atoms with E-state index in [1.165, 1.54) is 11.4 Å². The SMILES string of the molecule is Cc1ccccc1SP(O)(=S)c1ccc(Cl)cc1. The van der Waals surface area contributed by atoms with E-state index in [4.69, 9.17) is 23.4 Å². The second kappa shape index (κ2) is 5.77. The van der Waals surface area contributed by atoms with Gasteiger partial charge in [0.1, 0.15) is 0 Å². The maximum atomic E-state index is 10.5. The zero-order valence-electron chi connectivity index (χ0n) is 9.71. The predicted molar refractivity (Wildman–Crippen MR) is 84.6 cm³/mol. The number of aryl methyl sites for hydroxylation is 1. The van der Waals surface area contributed by atoms with E-state index in [2.05, 4.69) is 0 Å². The van der Waals surface area contributed by atoms with Crippen molar-refractivity contribution in [1.29, 1.82) is 0 Å². The first-order chi connectivity index (χ1) is 8.49. The third-order valence-electron chi connectivity index (χ3n) is 2.47. The molecule has 2 aromatic carbocycles. The van der Waals surface area contributed by atoms with Gasteiger partial charge in [-0.15, -0.1) is 0 Å². The van der Waals surface area contributed by atoms with E-state index >= 15 is 0 Å². The Morgan fingerprint density at radius 2 is 1.72 bits per heavy atom. The number of halogens is 1. The first-order valence-corrected chi connectivity index (χ1v) is 9.89. The van der Waals surface area contributed by atoms with Crippen LogP contribution in [0.5, 0.6) is 0 Å². The van der Waals surface area contributed by atoms with E-state index in [1.54, 1.807) is 24.3 Å². The lowest BCUT2D eigenvalue weighted by Crippen LogP contribution is -2.00. The minimum Gasteiger partial charge on any atom is -0.354 e. The second-order valence-electron chi connectivity index (χ2n) is 3.85. The van der Waals surface area contributed by atoms with Crippen molar-refractivity contribution in [2.45, 2.75) is 11.8 Å². The Labute approximate surface area is 121 Å². The molecule has 0 radical (unpaired) electrons. The number of benzene rings is 2. The lowest BCUT2D eigenvalue weighted by molar-refractivity contribution is 0.648. The molecule has 0 saturated heterocycles. The van der Waals surface area contributed by atoms with Gasteiger partial charge in [-0.05, 0) is 42.8 Å². The van der Waals surface area contributed by atoms with Gasteiger partial charge in [0.2, 0.25) is 0 Å². The lowest BCUT2D eigenvalue weighted by atomic mass is 10.2. The van der Waals surface area contributed by atoms with Crippen LogP contribution in [-0.2, 0) is 11.8 Å². The summed E-state index contributed by atoms with van der Waals surface area (Å²) in [5, 5.41) is 1.42. The maximum Gasteiger partial charge on any atom is 0.150 e. The van der Waals surface area contributed by atoms with Gasteiger partial charge in [0, 0.05) is 15.2 Å². The van der Waals surface area contributed by atoms with Gasteiger partial charge in [0.25, 0.3) is 0 Å². The van der Waals surface area contributed by atoms with Crippen LogP contribution in [0.2, 0.25) is 5.02 Å². The monoisotopic (exact) mass is 314 g/mol. The van der Waals surface area contributed by atoms with Crippen LogP contribution >= 0.6 is 28.4 Å². The molecule has 0 fully saturated rings. The summed E-state index contributed by atoms with van der Waals surface area (Å²) >= 11 is 12.6. The van der Waals surface area contributed by atoms with E-state index in [0.29, 0.717) is 5.02 Å². The van der Waals surface area contributed by atoms with E-state index in [-0.39, 0.29) is 0 Å². The first-order valence-electron chi connectivity index (χ1n) is 5.33.